The lowest BCUT2D eigenvalue weighted by Crippen LogP contribution is -2.18. The summed E-state index contributed by atoms with van der Waals surface area (Å²) in [6, 6.07) is 6.91. The van der Waals surface area contributed by atoms with Gasteiger partial charge in [0.2, 0.25) is 0 Å². The smallest absolute Gasteiger partial charge is 0.339 e. The molecule has 1 aromatic heterocycles. The Balaban J connectivity index is 2.33. The summed E-state index contributed by atoms with van der Waals surface area (Å²) in [5, 5.41) is 2.74. The van der Waals surface area contributed by atoms with Crippen LogP contribution in [0.5, 0.6) is 0 Å². The van der Waals surface area contributed by atoms with Gasteiger partial charge in [0.25, 0.3) is 5.91 Å². The van der Waals surface area contributed by atoms with E-state index in [1.807, 2.05) is 13.0 Å². The number of nitrogens with zero attached hydrogens (tertiary/aromatic N) is 1. The summed E-state index contributed by atoms with van der Waals surface area (Å²) < 4.78 is 7.26. The van der Waals surface area contributed by atoms with Crippen LogP contribution in [0.25, 0.3) is 0 Å². The molecule has 0 saturated heterocycles. The molecule has 0 fully saturated rings. The van der Waals surface area contributed by atoms with Gasteiger partial charge in [-0.2, -0.15) is 0 Å². The minimum atomic E-state index is -0.484. The summed E-state index contributed by atoms with van der Waals surface area (Å²) in [7, 11) is 3.08. The van der Waals surface area contributed by atoms with Crippen LogP contribution >= 0.6 is 15.9 Å². The molecule has 1 heterocycles. The fourth-order valence-corrected chi connectivity index (χ4v) is 2.51. The predicted molar refractivity (Wildman–Crippen MR) is 83.6 cm³/mol. The number of aromatic nitrogens is 1. The van der Waals surface area contributed by atoms with E-state index < -0.39 is 5.97 Å². The first kappa shape index (κ1) is 15.3. The average Bonchev–Trinajstić information content (AvgIpc) is 2.78. The molecule has 1 N–H and O–H groups in total. The maximum atomic E-state index is 12.3. The Morgan fingerprint density at radius 2 is 2.00 bits per heavy atom. The number of amides is 1. The quantitative estimate of drug-likeness (QED) is 0.865. The molecule has 1 aromatic carbocycles. The van der Waals surface area contributed by atoms with Crippen LogP contribution in [-0.2, 0) is 11.8 Å². The molecule has 21 heavy (non-hydrogen) atoms. The summed E-state index contributed by atoms with van der Waals surface area (Å²) in [5.74, 6) is -0.778. The molecule has 5 nitrogen and oxygen atoms in total. The van der Waals surface area contributed by atoms with Crippen LogP contribution in [-0.4, -0.2) is 23.6 Å². The molecule has 0 aliphatic rings. The number of carbonyl (C=O) groups is 2. The third kappa shape index (κ3) is 3.33. The SMILES string of the molecule is COC(=O)c1cc(C)ccc1NC(=O)c1cc(Br)cn1C. The minimum absolute atomic E-state index is 0.294. The number of methoxy groups -OCH3 is 1. The van der Waals surface area contributed by atoms with Crippen molar-refractivity contribution in [2.75, 3.05) is 12.4 Å². The van der Waals surface area contributed by atoms with E-state index in [2.05, 4.69) is 21.2 Å². The summed E-state index contributed by atoms with van der Waals surface area (Å²) >= 11 is 3.32. The number of ether oxygens (including phenoxy) is 1. The van der Waals surface area contributed by atoms with Crippen molar-refractivity contribution in [3.8, 4) is 0 Å². The van der Waals surface area contributed by atoms with Gasteiger partial charge in [0.1, 0.15) is 5.69 Å². The molecule has 0 bridgehead atoms. The Kier molecular flexibility index (Phi) is 4.47. The highest BCUT2D eigenvalue weighted by Crippen LogP contribution is 2.20. The summed E-state index contributed by atoms with van der Waals surface area (Å²) in [6.45, 7) is 1.87. The normalized spacial score (nSPS) is 10.3. The molecule has 0 radical (unpaired) electrons. The minimum Gasteiger partial charge on any atom is -0.465 e. The van der Waals surface area contributed by atoms with Crippen LogP contribution < -0.4 is 5.32 Å². The first-order valence-electron chi connectivity index (χ1n) is 6.24. The number of hydrogen-bond acceptors (Lipinski definition) is 3. The number of benzene rings is 1. The maximum absolute atomic E-state index is 12.3. The molecule has 0 spiro atoms. The summed E-state index contributed by atoms with van der Waals surface area (Å²) in [6.07, 6.45) is 1.78. The Labute approximate surface area is 131 Å². The van der Waals surface area contributed by atoms with Crippen LogP contribution in [0.2, 0.25) is 0 Å². The van der Waals surface area contributed by atoms with Gasteiger partial charge in [-0.1, -0.05) is 11.6 Å². The van der Waals surface area contributed by atoms with Gasteiger partial charge < -0.3 is 14.6 Å². The van der Waals surface area contributed by atoms with Gasteiger partial charge in [-0.25, -0.2) is 4.79 Å². The number of esters is 1. The highest BCUT2D eigenvalue weighted by molar-refractivity contribution is 9.10. The zero-order chi connectivity index (χ0) is 15.6. The number of carbonyl (C=O) groups excluding carboxylic acids is 2. The van der Waals surface area contributed by atoms with E-state index in [9.17, 15) is 9.59 Å². The van der Waals surface area contributed by atoms with Crippen LogP contribution in [0.3, 0.4) is 0 Å². The first-order chi connectivity index (χ1) is 9.92. The highest BCUT2D eigenvalue weighted by Gasteiger charge is 2.17. The third-order valence-electron chi connectivity index (χ3n) is 3.03. The molecule has 2 aromatic rings. The van der Waals surface area contributed by atoms with E-state index in [4.69, 9.17) is 4.74 Å². The molecule has 2 rings (SSSR count). The molecule has 110 valence electrons. The van der Waals surface area contributed by atoms with Gasteiger partial charge in [0.05, 0.1) is 18.4 Å². The van der Waals surface area contributed by atoms with E-state index in [-0.39, 0.29) is 5.91 Å². The van der Waals surface area contributed by atoms with Crippen LogP contribution in [0.15, 0.2) is 34.9 Å². The van der Waals surface area contributed by atoms with Gasteiger partial charge in [0.15, 0.2) is 0 Å². The molecule has 0 aliphatic carbocycles. The van der Waals surface area contributed by atoms with Crippen LogP contribution in [0, 0.1) is 6.92 Å². The second-order valence-electron chi connectivity index (χ2n) is 4.65. The average molecular weight is 351 g/mol. The standard InChI is InChI=1S/C15H15BrN2O3/c1-9-4-5-12(11(6-9)15(20)21-3)17-14(19)13-7-10(16)8-18(13)2/h4-8H,1-3H3,(H,17,19). The molecular formula is C15H15BrN2O3. The first-order valence-corrected chi connectivity index (χ1v) is 7.04. The lowest BCUT2D eigenvalue weighted by molar-refractivity contribution is 0.0602. The van der Waals surface area contributed by atoms with Crippen molar-refractivity contribution in [2.24, 2.45) is 7.05 Å². The molecule has 6 heteroatoms. The summed E-state index contributed by atoms with van der Waals surface area (Å²) in [4.78, 5) is 24.1. The monoisotopic (exact) mass is 350 g/mol. The van der Waals surface area contributed by atoms with Gasteiger partial charge >= 0.3 is 5.97 Å². The zero-order valence-electron chi connectivity index (χ0n) is 11.9. The maximum Gasteiger partial charge on any atom is 0.339 e. The fraction of sp³-hybridized carbons (Fsp3) is 0.200. The number of anilines is 1. The largest absolute Gasteiger partial charge is 0.465 e. The van der Waals surface area contributed by atoms with Crippen molar-refractivity contribution >= 4 is 33.5 Å². The van der Waals surface area contributed by atoms with Gasteiger partial charge in [-0.15, -0.1) is 0 Å². The van der Waals surface area contributed by atoms with Crippen molar-refractivity contribution in [1.29, 1.82) is 0 Å². The van der Waals surface area contributed by atoms with E-state index in [1.165, 1.54) is 7.11 Å². The topological polar surface area (TPSA) is 60.3 Å². The zero-order valence-corrected chi connectivity index (χ0v) is 13.5. The van der Waals surface area contributed by atoms with Gasteiger partial charge in [0, 0.05) is 17.7 Å². The Bertz CT molecular complexity index is 707. The van der Waals surface area contributed by atoms with Crippen molar-refractivity contribution in [3.05, 3.63) is 51.8 Å². The van der Waals surface area contributed by atoms with E-state index in [1.54, 1.807) is 36.0 Å². The number of hydrogen-bond donors (Lipinski definition) is 1. The molecular weight excluding hydrogens is 336 g/mol. The van der Waals surface area contributed by atoms with E-state index >= 15 is 0 Å². The highest BCUT2D eigenvalue weighted by atomic mass is 79.9. The van der Waals surface area contributed by atoms with Crippen molar-refractivity contribution < 1.29 is 14.3 Å². The molecule has 0 aliphatic heterocycles. The van der Waals surface area contributed by atoms with Crippen LogP contribution in [0.1, 0.15) is 26.4 Å². The predicted octanol–water partition coefficient (Wildman–Crippen LogP) is 3.13. The van der Waals surface area contributed by atoms with Gasteiger partial charge in [-0.05, 0) is 41.1 Å². The van der Waals surface area contributed by atoms with E-state index in [0.29, 0.717) is 16.9 Å². The van der Waals surface area contributed by atoms with Crippen molar-refractivity contribution in [3.63, 3.8) is 0 Å². The summed E-state index contributed by atoms with van der Waals surface area (Å²) in [5.41, 5.74) is 2.15. The second-order valence-corrected chi connectivity index (χ2v) is 5.56. The number of halogens is 1. The number of rotatable bonds is 3. The lowest BCUT2D eigenvalue weighted by Gasteiger charge is -2.11. The van der Waals surface area contributed by atoms with Gasteiger partial charge in [-0.3, -0.25) is 4.79 Å². The molecule has 0 atom stereocenters. The second kappa shape index (κ2) is 6.13. The lowest BCUT2D eigenvalue weighted by atomic mass is 10.1. The number of aryl methyl sites for hydroxylation is 2. The van der Waals surface area contributed by atoms with Crippen molar-refractivity contribution in [2.45, 2.75) is 6.92 Å². The van der Waals surface area contributed by atoms with E-state index in [0.717, 1.165) is 10.0 Å². The van der Waals surface area contributed by atoms with Crippen molar-refractivity contribution in [1.82, 2.24) is 4.57 Å². The van der Waals surface area contributed by atoms with Crippen LogP contribution in [0.4, 0.5) is 5.69 Å². The molecule has 1 amide bonds. The number of nitrogens with one attached hydrogen (secondary N) is 1. The fourth-order valence-electron chi connectivity index (χ4n) is 1.98. The molecule has 0 unspecified atom stereocenters. The Hall–Kier alpha value is -2.08. The molecule has 0 saturated carbocycles. The Morgan fingerprint density at radius 1 is 1.29 bits per heavy atom. The Morgan fingerprint density at radius 3 is 2.57 bits per heavy atom. The third-order valence-corrected chi connectivity index (χ3v) is 3.47.